The molecule has 84 valence electrons. The van der Waals surface area contributed by atoms with Crippen molar-refractivity contribution in [3.63, 3.8) is 0 Å². The highest BCUT2D eigenvalue weighted by Gasteiger charge is 2.48. The number of unbranched alkanes of at least 4 members (excludes halogenated alkanes) is 4. The molecular weight excluding hydrogens is 170 g/mol. The zero-order valence-electron chi connectivity index (χ0n) is 10.2. The molecule has 1 aliphatic rings. The molecule has 2 unspecified atom stereocenters. The topological polar surface area (TPSA) is 26.0 Å². The highest BCUT2D eigenvalue weighted by molar-refractivity contribution is 5.00. The third kappa shape index (κ3) is 3.61. The molecule has 0 saturated heterocycles. The van der Waals surface area contributed by atoms with E-state index in [0.29, 0.717) is 11.5 Å². The van der Waals surface area contributed by atoms with E-state index in [1.807, 2.05) is 0 Å². The Morgan fingerprint density at radius 2 is 1.79 bits per heavy atom. The van der Waals surface area contributed by atoms with Gasteiger partial charge in [0.15, 0.2) is 0 Å². The Bertz CT molecular complexity index is 163. The second kappa shape index (κ2) is 5.16. The smallest absolute Gasteiger partial charge is 0.00724 e. The Balaban J connectivity index is 1.97. The third-order valence-corrected chi connectivity index (χ3v) is 3.75. The first-order chi connectivity index (χ1) is 6.58. The van der Waals surface area contributed by atoms with E-state index >= 15 is 0 Å². The van der Waals surface area contributed by atoms with Crippen LogP contribution in [0.15, 0.2) is 0 Å². The third-order valence-electron chi connectivity index (χ3n) is 3.75. The van der Waals surface area contributed by atoms with Crippen molar-refractivity contribution >= 4 is 0 Å². The standard InChI is InChI=1S/C13H27N/c1-4-5-6-7-8-9-12(14)11-10-13(11,2)3/h11-12H,4-10,14H2,1-3H3. The molecule has 1 fully saturated rings. The van der Waals surface area contributed by atoms with Crippen molar-refractivity contribution in [2.75, 3.05) is 0 Å². The Labute approximate surface area is 89.5 Å². The van der Waals surface area contributed by atoms with Gasteiger partial charge in [-0.2, -0.15) is 0 Å². The Hall–Kier alpha value is -0.0400. The van der Waals surface area contributed by atoms with E-state index in [1.54, 1.807) is 0 Å². The Morgan fingerprint density at radius 3 is 2.29 bits per heavy atom. The minimum atomic E-state index is 0.478. The summed E-state index contributed by atoms with van der Waals surface area (Å²) in [5.74, 6) is 0.814. The van der Waals surface area contributed by atoms with Crippen LogP contribution in [0.1, 0.15) is 65.7 Å². The predicted molar refractivity (Wildman–Crippen MR) is 63.2 cm³/mol. The molecule has 2 atom stereocenters. The minimum absolute atomic E-state index is 0.478. The van der Waals surface area contributed by atoms with E-state index in [2.05, 4.69) is 20.8 Å². The van der Waals surface area contributed by atoms with Gasteiger partial charge in [-0.1, -0.05) is 52.9 Å². The van der Waals surface area contributed by atoms with Gasteiger partial charge in [-0.05, 0) is 24.2 Å². The van der Waals surface area contributed by atoms with Crippen molar-refractivity contribution in [1.29, 1.82) is 0 Å². The van der Waals surface area contributed by atoms with Crippen molar-refractivity contribution in [3.8, 4) is 0 Å². The molecule has 2 N–H and O–H groups in total. The summed E-state index contributed by atoms with van der Waals surface area (Å²) < 4.78 is 0. The van der Waals surface area contributed by atoms with E-state index in [0.717, 1.165) is 5.92 Å². The van der Waals surface area contributed by atoms with Crippen LogP contribution in [0.2, 0.25) is 0 Å². The summed E-state index contributed by atoms with van der Waals surface area (Å²) in [6, 6.07) is 0.478. The number of hydrogen-bond acceptors (Lipinski definition) is 1. The molecule has 0 aromatic heterocycles. The second-order valence-electron chi connectivity index (χ2n) is 5.67. The molecule has 0 amide bonds. The molecule has 0 aromatic rings. The summed E-state index contributed by atoms with van der Waals surface area (Å²) in [4.78, 5) is 0. The fraction of sp³-hybridized carbons (Fsp3) is 1.00. The van der Waals surface area contributed by atoms with Crippen LogP contribution in [0, 0.1) is 11.3 Å². The van der Waals surface area contributed by atoms with Gasteiger partial charge in [0, 0.05) is 6.04 Å². The number of hydrogen-bond donors (Lipinski definition) is 1. The Morgan fingerprint density at radius 1 is 1.21 bits per heavy atom. The van der Waals surface area contributed by atoms with Crippen LogP contribution in [0.4, 0.5) is 0 Å². The Kier molecular flexibility index (Phi) is 4.43. The molecule has 0 heterocycles. The second-order valence-corrected chi connectivity index (χ2v) is 5.67. The highest BCUT2D eigenvalue weighted by atomic mass is 14.7. The van der Waals surface area contributed by atoms with Crippen LogP contribution in [0.5, 0.6) is 0 Å². The van der Waals surface area contributed by atoms with E-state index < -0.39 is 0 Å². The van der Waals surface area contributed by atoms with Gasteiger partial charge in [0.25, 0.3) is 0 Å². The lowest BCUT2D eigenvalue weighted by atomic mass is 9.99. The summed E-state index contributed by atoms with van der Waals surface area (Å²) in [7, 11) is 0. The van der Waals surface area contributed by atoms with E-state index in [4.69, 9.17) is 5.73 Å². The van der Waals surface area contributed by atoms with Crippen LogP contribution in [0.25, 0.3) is 0 Å². The summed E-state index contributed by atoms with van der Waals surface area (Å²) in [5, 5.41) is 0. The summed E-state index contributed by atoms with van der Waals surface area (Å²) in [5.41, 5.74) is 6.73. The molecule has 1 saturated carbocycles. The zero-order chi connectivity index (χ0) is 10.6. The van der Waals surface area contributed by atoms with Crippen molar-refractivity contribution < 1.29 is 0 Å². The average molecular weight is 197 g/mol. The molecule has 0 spiro atoms. The predicted octanol–water partition coefficient (Wildman–Crippen LogP) is 3.72. The van der Waals surface area contributed by atoms with E-state index in [1.165, 1.54) is 44.9 Å². The van der Waals surface area contributed by atoms with Crippen molar-refractivity contribution in [1.82, 2.24) is 0 Å². The van der Waals surface area contributed by atoms with E-state index in [9.17, 15) is 0 Å². The normalized spacial score (nSPS) is 26.1. The monoisotopic (exact) mass is 197 g/mol. The van der Waals surface area contributed by atoms with Gasteiger partial charge in [-0.15, -0.1) is 0 Å². The SMILES string of the molecule is CCCCCCCC(N)C1CC1(C)C. The van der Waals surface area contributed by atoms with E-state index in [-0.39, 0.29) is 0 Å². The first kappa shape index (κ1) is 12.0. The van der Waals surface area contributed by atoms with Crippen LogP contribution < -0.4 is 5.73 Å². The van der Waals surface area contributed by atoms with Gasteiger partial charge in [-0.3, -0.25) is 0 Å². The molecule has 1 aliphatic carbocycles. The maximum Gasteiger partial charge on any atom is 0.00724 e. The van der Waals surface area contributed by atoms with Crippen molar-refractivity contribution in [2.45, 2.75) is 71.8 Å². The average Bonchev–Trinajstić information content (AvgIpc) is 2.75. The molecule has 0 radical (unpaired) electrons. The van der Waals surface area contributed by atoms with Crippen LogP contribution >= 0.6 is 0 Å². The van der Waals surface area contributed by atoms with Crippen LogP contribution in [-0.2, 0) is 0 Å². The van der Waals surface area contributed by atoms with Crippen LogP contribution in [-0.4, -0.2) is 6.04 Å². The van der Waals surface area contributed by atoms with Gasteiger partial charge >= 0.3 is 0 Å². The fourth-order valence-corrected chi connectivity index (χ4v) is 2.42. The minimum Gasteiger partial charge on any atom is -0.327 e. The molecule has 0 aliphatic heterocycles. The highest BCUT2D eigenvalue weighted by Crippen LogP contribution is 2.53. The largest absolute Gasteiger partial charge is 0.327 e. The van der Waals surface area contributed by atoms with Gasteiger partial charge in [-0.25, -0.2) is 0 Å². The lowest BCUT2D eigenvalue weighted by molar-refractivity contribution is 0.439. The van der Waals surface area contributed by atoms with Crippen LogP contribution in [0.3, 0.4) is 0 Å². The molecular formula is C13H27N. The van der Waals surface area contributed by atoms with Gasteiger partial charge in [0.05, 0.1) is 0 Å². The maximum absolute atomic E-state index is 6.17. The number of rotatable bonds is 7. The molecule has 1 rings (SSSR count). The number of nitrogens with two attached hydrogens (primary N) is 1. The lowest BCUT2D eigenvalue weighted by Crippen LogP contribution is -2.24. The summed E-state index contributed by atoms with van der Waals surface area (Å²) in [6.07, 6.45) is 9.45. The first-order valence-corrected chi connectivity index (χ1v) is 6.33. The van der Waals surface area contributed by atoms with Crippen molar-refractivity contribution in [3.05, 3.63) is 0 Å². The van der Waals surface area contributed by atoms with Gasteiger partial charge < -0.3 is 5.73 Å². The fourth-order valence-electron chi connectivity index (χ4n) is 2.42. The maximum atomic E-state index is 6.17. The molecule has 0 aromatic carbocycles. The first-order valence-electron chi connectivity index (χ1n) is 6.33. The zero-order valence-corrected chi connectivity index (χ0v) is 10.2. The molecule has 14 heavy (non-hydrogen) atoms. The lowest BCUT2D eigenvalue weighted by Gasteiger charge is -2.12. The quantitative estimate of drug-likeness (QED) is 0.618. The van der Waals surface area contributed by atoms with Gasteiger partial charge in [0.2, 0.25) is 0 Å². The summed E-state index contributed by atoms with van der Waals surface area (Å²) >= 11 is 0. The van der Waals surface area contributed by atoms with Gasteiger partial charge in [0.1, 0.15) is 0 Å². The van der Waals surface area contributed by atoms with Crippen molar-refractivity contribution in [2.24, 2.45) is 17.1 Å². The summed E-state index contributed by atoms with van der Waals surface area (Å²) in [6.45, 7) is 6.95. The molecule has 0 bridgehead atoms. The molecule has 1 heteroatoms. The molecule has 1 nitrogen and oxygen atoms in total.